The quantitative estimate of drug-likeness (QED) is 0.305. The van der Waals surface area contributed by atoms with Gasteiger partial charge < -0.3 is 4.90 Å². The molecule has 0 saturated carbocycles. The Bertz CT molecular complexity index is 1190. The van der Waals surface area contributed by atoms with Crippen LogP contribution in [0.25, 0.3) is 20.8 Å². The number of aromatic nitrogens is 1. The largest absolute Gasteiger partial charge is 0.310 e. The van der Waals surface area contributed by atoms with Crippen LogP contribution in [0.4, 0.5) is 17.1 Å². The highest BCUT2D eigenvalue weighted by atomic mass is 32.1. The molecule has 1 aromatic heterocycles. The maximum Gasteiger partial charge on any atom is 0.125 e. The topological polar surface area (TPSA) is 16.1 Å². The van der Waals surface area contributed by atoms with E-state index in [1.165, 1.54) is 4.70 Å². The molecule has 0 aliphatic rings. The second-order valence-electron chi connectivity index (χ2n) is 6.69. The second-order valence-corrected chi connectivity index (χ2v) is 8.21. The molecule has 0 spiro atoms. The number of rotatable bonds is 4. The Morgan fingerprint density at radius 3 is 1.93 bits per heavy atom. The van der Waals surface area contributed by atoms with Crippen molar-refractivity contribution in [1.82, 2.24) is 4.98 Å². The van der Waals surface area contributed by atoms with Crippen LogP contribution in [0.15, 0.2) is 108 Å². The van der Waals surface area contributed by atoms with E-state index < -0.39 is 0 Å². The van der Waals surface area contributed by atoms with Crippen LogP contribution >= 0.6 is 24.0 Å². The van der Waals surface area contributed by atoms with E-state index in [0.717, 1.165) is 38.0 Å². The molecular weight excluding hydrogens is 392 g/mol. The number of anilines is 3. The van der Waals surface area contributed by atoms with Gasteiger partial charge in [-0.05, 0) is 54.6 Å². The van der Waals surface area contributed by atoms with Crippen molar-refractivity contribution >= 4 is 51.2 Å². The normalized spacial score (nSPS) is 10.9. The number of thiazole rings is 1. The second kappa shape index (κ2) is 7.74. The molecule has 5 aromatic rings. The van der Waals surface area contributed by atoms with Gasteiger partial charge >= 0.3 is 0 Å². The molecule has 0 radical (unpaired) electrons. The standard InChI is InChI=1S/C25H18N2S2/c28-23-16-15-20(17-21(23)25-26-22-13-7-8-14-24(22)29-25)27(18-9-3-1-4-10-18)19-11-5-2-6-12-19/h1-17,28H. The molecule has 0 amide bonds. The highest BCUT2D eigenvalue weighted by molar-refractivity contribution is 7.80. The number of para-hydroxylation sites is 3. The lowest BCUT2D eigenvalue weighted by molar-refractivity contribution is 1.27. The summed E-state index contributed by atoms with van der Waals surface area (Å²) in [5, 5.41) is 0.985. The van der Waals surface area contributed by atoms with E-state index in [9.17, 15) is 0 Å². The lowest BCUT2D eigenvalue weighted by Crippen LogP contribution is -2.09. The van der Waals surface area contributed by atoms with Crippen molar-refractivity contribution in [3.63, 3.8) is 0 Å². The molecule has 140 valence electrons. The van der Waals surface area contributed by atoms with Crippen LogP contribution in [0.2, 0.25) is 0 Å². The lowest BCUT2D eigenvalue weighted by atomic mass is 10.1. The number of hydrogen-bond donors (Lipinski definition) is 1. The molecule has 4 aromatic carbocycles. The predicted octanol–water partition coefficient (Wildman–Crippen LogP) is 7.72. The Labute approximate surface area is 179 Å². The van der Waals surface area contributed by atoms with Gasteiger partial charge in [-0.2, -0.15) is 0 Å². The third kappa shape index (κ3) is 3.53. The van der Waals surface area contributed by atoms with Crippen LogP contribution in [0.3, 0.4) is 0 Å². The summed E-state index contributed by atoms with van der Waals surface area (Å²) in [7, 11) is 0. The van der Waals surface area contributed by atoms with Crippen LogP contribution in [-0.2, 0) is 0 Å². The van der Waals surface area contributed by atoms with Crippen molar-refractivity contribution in [2.75, 3.05) is 4.90 Å². The predicted molar refractivity (Wildman–Crippen MR) is 127 cm³/mol. The first kappa shape index (κ1) is 18.0. The van der Waals surface area contributed by atoms with E-state index in [1.807, 2.05) is 18.2 Å². The summed E-state index contributed by atoms with van der Waals surface area (Å²) < 4.78 is 1.18. The van der Waals surface area contributed by atoms with Gasteiger partial charge in [0.25, 0.3) is 0 Å². The van der Waals surface area contributed by atoms with Crippen molar-refractivity contribution in [1.29, 1.82) is 0 Å². The summed E-state index contributed by atoms with van der Waals surface area (Å²) in [5.74, 6) is 0. The minimum Gasteiger partial charge on any atom is -0.310 e. The fraction of sp³-hybridized carbons (Fsp3) is 0. The first-order chi connectivity index (χ1) is 14.3. The molecular formula is C25H18N2S2. The van der Waals surface area contributed by atoms with Gasteiger partial charge in [-0.3, -0.25) is 0 Å². The third-order valence-corrected chi connectivity index (χ3v) is 6.25. The molecule has 5 rings (SSSR count). The Kier molecular flexibility index (Phi) is 4.80. The van der Waals surface area contributed by atoms with E-state index in [-0.39, 0.29) is 0 Å². The first-order valence-electron chi connectivity index (χ1n) is 9.39. The summed E-state index contributed by atoms with van der Waals surface area (Å²) in [6.45, 7) is 0. The van der Waals surface area contributed by atoms with Crippen LogP contribution in [0.1, 0.15) is 0 Å². The van der Waals surface area contributed by atoms with Crippen molar-refractivity contribution < 1.29 is 0 Å². The lowest BCUT2D eigenvalue weighted by Gasteiger charge is -2.26. The van der Waals surface area contributed by atoms with Crippen molar-refractivity contribution in [2.24, 2.45) is 0 Å². The minimum atomic E-state index is 0.925. The highest BCUT2D eigenvalue weighted by Gasteiger charge is 2.16. The maximum absolute atomic E-state index is 4.84. The molecule has 0 atom stereocenters. The van der Waals surface area contributed by atoms with Gasteiger partial charge in [0.15, 0.2) is 0 Å². The van der Waals surface area contributed by atoms with Crippen molar-refractivity contribution in [2.45, 2.75) is 4.90 Å². The fourth-order valence-electron chi connectivity index (χ4n) is 3.42. The van der Waals surface area contributed by atoms with Gasteiger partial charge in [0.2, 0.25) is 0 Å². The molecule has 0 fully saturated rings. The number of nitrogens with zero attached hydrogens (tertiary/aromatic N) is 2. The maximum atomic E-state index is 4.84. The SMILES string of the molecule is Sc1ccc(N(c2ccccc2)c2ccccc2)cc1-c1nc2ccccc2s1. The molecule has 0 saturated heterocycles. The minimum absolute atomic E-state index is 0.925. The van der Waals surface area contributed by atoms with Crippen LogP contribution in [0.5, 0.6) is 0 Å². The van der Waals surface area contributed by atoms with E-state index in [4.69, 9.17) is 17.6 Å². The number of hydrogen-bond acceptors (Lipinski definition) is 4. The average Bonchev–Trinajstić information content (AvgIpc) is 3.21. The first-order valence-corrected chi connectivity index (χ1v) is 10.7. The van der Waals surface area contributed by atoms with E-state index in [1.54, 1.807) is 11.3 Å². The smallest absolute Gasteiger partial charge is 0.125 e. The van der Waals surface area contributed by atoms with E-state index in [2.05, 4.69) is 89.8 Å². The molecule has 0 N–H and O–H groups in total. The zero-order valence-electron chi connectivity index (χ0n) is 15.6. The van der Waals surface area contributed by atoms with Crippen molar-refractivity contribution in [3.8, 4) is 10.6 Å². The molecule has 4 heteroatoms. The number of thiol groups is 1. The van der Waals surface area contributed by atoms with Crippen molar-refractivity contribution in [3.05, 3.63) is 103 Å². The number of benzene rings is 4. The zero-order chi connectivity index (χ0) is 19.6. The molecule has 0 bridgehead atoms. The summed E-state index contributed by atoms with van der Waals surface area (Å²) in [6.07, 6.45) is 0. The van der Waals surface area contributed by atoms with Gasteiger partial charge in [-0.15, -0.1) is 24.0 Å². The Morgan fingerprint density at radius 1 is 0.655 bits per heavy atom. The molecule has 1 heterocycles. The summed E-state index contributed by atoms with van der Waals surface area (Å²) in [6, 6.07) is 35.4. The van der Waals surface area contributed by atoms with Gasteiger partial charge in [-0.1, -0.05) is 48.5 Å². The van der Waals surface area contributed by atoms with Crippen LogP contribution in [0, 0.1) is 0 Å². The van der Waals surface area contributed by atoms with Crippen LogP contribution < -0.4 is 4.90 Å². The van der Waals surface area contributed by atoms with E-state index >= 15 is 0 Å². The Balaban J connectivity index is 1.67. The van der Waals surface area contributed by atoms with Gasteiger partial charge in [-0.25, -0.2) is 4.98 Å². The molecule has 0 unspecified atom stereocenters. The number of fused-ring (bicyclic) bond motifs is 1. The van der Waals surface area contributed by atoms with E-state index in [0.29, 0.717) is 0 Å². The average molecular weight is 411 g/mol. The van der Waals surface area contributed by atoms with Crippen LogP contribution in [-0.4, -0.2) is 4.98 Å². The third-order valence-electron chi connectivity index (χ3n) is 4.79. The monoisotopic (exact) mass is 410 g/mol. The molecule has 2 nitrogen and oxygen atoms in total. The summed E-state index contributed by atoms with van der Waals surface area (Å²) in [5.41, 5.74) is 5.37. The van der Waals surface area contributed by atoms with Gasteiger partial charge in [0, 0.05) is 27.5 Å². The van der Waals surface area contributed by atoms with Gasteiger partial charge in [0.05, 0.1) is 10.2 Å². The molecule has 0 aliphatic heterocycles. The Morgan fingerprint density at radius 2 is 1.28 bits per heavy atom. The highest BCUT2D eigenvalue weighted by Crippen LogP contribution is 2.40. The Hall–Kier alpha value is -3.08. The summed E-state index contributed by atoms with van der Waals surface area (Å²) >= 11 is 6.43. The zero-order valence-corrected chi connectivity index (χ0v) is 17.3. The summed E-state index contributed by atoms with van der Waals surface area (Å²) in [4.78, 5) is 8.02. The molecule has 29 heavy (non-hydrogen) atoms. The van der Waals surface area contributed by atoms with Gasteiger partial charge in [0.1, 0.15) is 5.01 Å². The fourth-order valence-corrected chi connectivity index (χ4v) is 4.74. The molecule has 0 aliphatic carbocycles.